The van der Waals surface area contributed by atoms with E-state index >= 15 is 0 Å². The Bertz CT molecular complexity index is 535. The summed E-state index contributed by atoms with van der Waals surface area (Å²) in [5.41, 5.74) is 3.85. The predicted octanol–water partition coefficient (Wildman–Crippen LogP) is 5.15. The third-order valence-electron chi connectivity index (χ3n) is 2.97. The summed E-state index contributed by atoms with van der Waals surface area (Å²) in [6, 6.07) is 8.77. The van der Waals surface area contributed by atoms with E-state index in [1.165, 1.54) is 16.0 Å². The molecule has 0 atom stereocenters. The Morgan fingerprint density at radius 2 is 1.78 bits per heavy atom. The van der Waals surface area contributed by atoms with Crippen molar-refractivity contribution in [1.82, 2.24) is 4.98 Å². The second kappa shape index (κ2) is 5.02. The Labute approximate surface area is 118 Å². The number of hydrogen-bond donors (Lipinski definition) is 0. The highest BCUT2D eigenvalue weighted by molar-refractivity contribution is 7.15. The molecule has 1 aromatic carbocycles. The predicted molar refractivity (Wildman–Crippen MR) is 80.5 cm³/mol. The van der Waals surface area contributed by atoms with Crippen LogP contribution in [0.25, 0.3) is 10.4 Å². The molecule has 0 amide bonds. The van der Waals surface area contributed by atoms with Crippen LogP contribution in [0, 0.1) is 6.92 Å². The SMILES string of the molecule is Cc1nc(CCl)sc1-c1ccc(C(C)(C)C)cc1. The van der Waals surface area contributed by atoms with Crippen LogP contribution in [0.1, 0.15) is 37.0 Å². The first-order valence-corrected chi connectivity index (χ1v) is 7.40. The summed E-state index contributed by atoms with van der Waals surface area (Å²) >= 11 is 7.52. The molecule has 0 bridgehead atoms. The summed E-state index contributed by atoms with van der Waals surface area (Å²) in [6.07, 6.45) is 0. The van der Waals surface area contributed by atoms with Crippen molar-refractivity contribution in [3.8, 4) is 10.4 Å². The average molecular weight is 280 g/mol. The molecule has 18 heavy (non-hydrogen) atoms. The van der Waals surface area contributed by atoms with Crippen molar-refractivity contribution in [1.29, 1.82) is 0 Å². The van der Waals surface area contributed by atoms with Gasteiger partial charge < -0.3 is 0 Å². The summed E-state index contributed by atoms with van der Waals surface area (Å²) < 4.78 is 0. The van der Waals surface area contributed by atoms with Gasteiger partial charge in [0.25, 0.3) is 0 Å². The maximum Gasteiger partial charge on any atom is 0.108 e. The topological polar surface area (TPSA) is 12.9 Å². The fourth-order valence-electron chi connectivity index (χ4n) is 1.90. The zero-order valence-electron chi connectivity index (χ0n) is 11.2. The lowest BCUT2D eigenvalue weighted by Crippen LogP contribution is -2.10. The lowest BCUT2D eigenvalue weighted by Gasteiger charge is -2.19. The third kappa shape index (κ3) is 2.76. The molecule has 1 aromatic heterocycles. The number of aromatic nitrogens is 1. The molecule has 0 saturated carbocycles. The van der Waals surface area contributed by atoms with Gasteiger partial charge in [-0.3, -0.25) is 0 Å². The van der Waals surface area contributed by atoms with Crippen LogP contribution in [0.2, 0.25) is 0 Å². The molecular formula is C15H18ClNS. The Hall–Kier alpha value is -0.860. The molecule has 0 unspecified atom stereocenters. The Morgan fingerprint density at radius 1 is 1.17 bits per heavy atom. The number of benzene rings is 1. The van der Waals surface area contributed by atoms with Gasteiger partial charge in [0, 0.05) is 0 Å². The molecule has 0 fully saturated rings. The number of hydrogen-bond acceptors (Lipinski definition) is 2. The fourth-order valence-corrected chi connectivity index (χ4v) is 3.04. The molecule has 0 spiro atoms. The fraction of sp³-hybridized carbons (Fsp3) is 0.400. The largest absolute Gasteiger partial charge is 0.245 e. The van der Waals surface area contributed by atoms with Crippen LogP contribution >= 0.6 is 22.9 Å². The van der Waals surface area contributed by atoms with Crippen molar-refractivity contribution >= 4 is 22.9 Å². The Kier molecular flexibility index (Phi) is 3.79. The Balaban J connectivity index is 2.37. The summed E-state index contributed by atoms with van der Waals surface area (Å²) in [4.78, 5) is 5.69. The van der Waals surface area contributed by atoms with Gasteiger partial charge in [-0.15, -0.1) is 22.9 Å². The van der Waals surface area contributed by atoms with Crippen molar-refractivity contribution in [2.75, 3.05) is 0 Å². The first kappa shape index (κ1) is 13.6. The minimum Gasteiger partial charge on any atom is -0.245 e. The maximum atomic E-state index is 5.83. The normalized spacial score (nSPS) is 11.8. The van der Waals surface area contributed by atoms with Gasteiger partial charge in [0.1, 0.15) is 5.01 Å². The van der Waals surface area contributed by atoms with Crippen molar-refractivity contribution < 1.29 is 0 Å². The van der Waals surface area contributed by atoms with E-state index in [2.05, 4.69) is 50.0 Å². The van der Waals surface area contributed by atoms with E-state index in [4.69, 9.17) is 11.6 Å². The number of rotatable bonds is 2. The molecule has 0 aliphatic heterocycles. The van der Waals surface area contributed by atoms with Crippen LogP contribution in [0.5, 0.6) is 0 Å². The second-order valence-electron chi connectivity index (χ2n) is 5.48. The smallest absolute Gasteiger partial charge is 0.108 e. The molecule has 0 radical (unpaired) electrons. The van der Waals surface area contributed by atoms with E-state index in [-0.39, 0.29) is 5.41 Å². The van der Waals surface area contributed by atoms with Crippen molar-refractivity contribution in [3.63, 3.8) is 0 Å². The summed E-state index contributed by atoms with van der Waals surface area (Å²) in [7, 11) is 0. The standard InChI is InChI=1S/C15H18ClNS/c1-10-14(18-13(9-16)17-10)11-5-7-12(8-6-11)15(2,3)4/h5-8H,9H2,1-4H3. The molecule has 1 heterocycles. The van der Waals surface area contributed by atoms with Gasteiger partial charge in [0.05, 0.1) is 16.5 Å². The first-order valence-electron chi connectivity index (χ1n) is 6.05. The highest BCUT2D eigenvalue weighted by Gasteiger charge is 2.14. The first-order chi connectivity index (χ1) is 8.41. The molecule has 0 N–H and O–H groups in total. The van der Waals surface area contributed by atoms with Gasteiger partial charge in [0.2, 0.25) is 0 Å². The molecule has 1 nitrogen and oxygen atoms in total. The van der Waals surface area contributed by atoms with Gasteiger partial charge in [-0.05, 0) is 23.5 Å². The van der Waals surface area contributed by atoms with Gasteiger partial charge in [0.15, 0.2) is 0 Å². The van der Waals surface area contributed by atoms with Crippen LogP contribution in [-0.4, -0.2) is 4.98 Å². The van der Waals surface area contributed by atoms with E-state index in [1.54, 1.807) is 11.3 Å². The lowest BCUT2D eigenvalue weighted by atomic mass is 9.86. The van der Waals surface area contributed by atoms with Crippen molar-refractivity contribution in [2.45, 2.75) is 39.0 Å². The number of nitrogens with zero attached hydrogens (tertiary/aromatic N) is 1. The third-order valence-corrected chi connectivity index (χ3v) is 4.59. The zero-order valence-corrected chi connectivity index (χ0v) is 12.8. The van der Waals surface area contributed by atoms with Crippen molar-refractivity contribution in [2.24, 2.45) is 0 Å². The molecule has 0 saturated heterocycles. The minimum atomic E-state index is 0.197. The summed E-state index contributed by atoms with van der Waals surface area (Å²) in [5.74, 6) is 0.492. The number of thiazole rings is 1. The van der Waals surface area contributed by atoms with E-state index in [9.17, 15) is 0 Å². The van der Waals surface area contributed by atoms with E-state index in [1.807, 2.05) is 6.92 Å². The highest BCUT2D eigenvalue weighted by atomic mass is 35.5. The highest BCUT2D eigenvalue weighted by Crippen LogP contribution is 2.32. The molecule has 96 valence electrons. The molecule has 0 aliphatic rings. The van der Waals surface area contributed by atoms with Gasteiger partial charge in [-0.2, -0.15) is 0 Å². The Morgan fingerprint density at radius 3 is 2.22 bits per heavy atom. The summed E-state index contributed by atoms with van der Waals surface area (Å²) in [6.45, 7) is 8.72. The van der Waals surface area contributed by atoms with Gasteiger partial charge >= 0.3 is 0 Å². The molecule has 3 heteroatoms. The van der Waals surface area contributed by atoms with Crippen LogP contribution in [0.3, 0.4) is 0 Å². The maximum absolute atomic E-state index is 5.83. The molecule has 2 aromatic rings. The van der Waals surface area contributed by atoms with Crippen LogP contribution in [0.4, 0.5) is 0 Å². The quantitative estimate of drug-likeness (QED) is 0.693. The lowest BCUT2D eigenvalue weighted by molar-refractivity contribution is 0.590. The monoisotopic (exact) mass is 279 g/mol. The molecular weight excluding hydrogens is 262 g/mol. The number of alkyl halides is 1. The van der Waals surface area contributed by atoms with Crippen LogP contribution < -0.4 is 0 Å². The zero-order chi connectivity index (χ0) is 13.3. The van der Waals surface area contributed by atoms with E-state index in [0.717, 1.165) is 10.7 Å². The number of aryl methyl sites for hydroxylation is 1. The van der Waals surface area contributed by atoms with Crippen LogP contribution in [-0.2, 0) is 11.3 Å². The van der Waals surface area contributed by atoms with E-state index < -0.39 is 0 Å². The van der Waals surface area contributed by atoms with Gasteiger partial charge in [-0.1, -0.05) is 45.0 Å². The molecule has 2 rings (SSSR count). The van der Waals surface area contributed by atoms with Gasteiger partial charge in [-0.25, -0.2) is 4.98 Å². The van der Waals surface area contributed by atoms with Crippen molar-refractivity contribution in [3.05, 3.63) is 40.5 Å². The minimum absolute atomic E-state index is 0.197. The average Bonchev–Trinajstić information content (AvgIpc) is 2.70. The van der Waals surface area contributed by atoms with E-state index in [0.29, 0.717) is 5.88 Å². The summed E-state index contributed by atoms with van der Waals surface area (Å²) in [5, 5.41) is 0.990. The number of halogens is 1. The second-order valence-corrected chi connectivity index (χ2v) is 6.83. The van der Waals surface area contributed by atoms with Crippen LogP contribution in [0.15, 0.2) is 24.3 Å². The molecule has 0 aliphatic carbocycles.